The first-order valence-corrected chi connectivity index (χ1v) is 9.43. The van der Waals surface area contributed by atoms with Crippen LogP contribution in [0.1, 0.15) is 46.0 Å². The SMILES string of the molecule is CC1(C)Oc2ccc(S(=O)(=O)NC3CCCCC3)cc2NC1=O. The highest BCUT2D eigenvalue weighted by molar-refractivity contribution is 7.89. The van der Waals surface area contributed by atoms with Crippen LogP contribution in [0.15, 0.2) is 23.1 Å². The summed E-state index contributed by atoms with van der Waals surface area (Å²) in [6.45, 7) is 3.33. The van der Waals surface area contributed by atoms with Gasteiger partial charge in [0.05, 0.1) is 10.6 Å². The highest BCUT2D eigenvalue weighted by atomic mass is 32.2. The molecule has 0 saturated heterocycles. The molecule has 23 heavy (non-hydrogen) atoms. The minimum absolute atomic E-state index is 0.00504. The van der Waals surface area contributed by atoms with Crippen LogP contribution in [-0.2, 0) is 14.8 Å². The number of anilines is 1. The van der Waals surface area contributed by atoms with Crippen molar-refractivity contribution in [2.45, 2.75) is 62.5 Å². The molecule has 3 rings (SSSR count). The monoisotopic (exact) mass is 338 g/mol. The van der Waals surface area contributed by atoms with E-state index in [9.17, 15) is 13.2 Å². The lowest BCUT2D eigenvalue weighted by Crippen LogP contribution is -2.45. The Kier molecular flexibility index (Phi) is 4.10. The molecule has 2 aliphatic rings. The van der Waals surface area contributed by atoms with Crippen molar-refractivity contribution in [3.8, 4) is 5.75 Å². The average Bonchev–Trinajstić information content (AvgIpc) is 2.48. The van der Waals surface area contributed by atoms with Gasteiger partial charge < -0.3 is 10.1 Å². The molecule has 1 saturated carbocycles. The van der Waals surface area contributed by atoms with E-state index in [2.05, 4.69) is 10.0 Å². The zero-order chi connectivity index (χ0) is 16.7. The zero-order valence-electron chi connectivity index (χ0n) is 13.4. The third-order valence-corrected chi connectivity index (χ3v) is 5.87. The van der Waals surface area contributed by atoms with Crippen molar-refractivity contribution in [2.24, 2.45) is 0 Å². The molecule has 6 nitrogen and oxygen atoms in total. The van der Waals surface area contributed by atoms with E-state index >= 15 is 0 Å². The molecule has 1 aliphatic heterocycles. The predicted molar refractivity (Wildman–Crippen MR) is 87.0 cm³/mol. The molecular weight excluding hydrogens is 316 g/mol. The summed E-state index contributed by atoms with van der Waals surface area (Å²) in [5.74, 6) is 0.186. The second-order valence-corrected chi connectivity index (χ2v) is 8.39. The number of nitrogens with one attached hydrogen (secondary N) is 2. The number of hydrogen-bond donors (Lipinski definition) is 2. The number of hydrogen-bond acceptors (Lipinski definition) is 4. The molecular formula is C16H22N2O4S. The van der Waals surface area contributed by atoms with E-state index in [1.807, 2.05) is 0 Å². The summed E-state index contributed by atoms with van der Waals surface area (Å²) in [6.07, 6.45) is 5.01. The van der Waals surface area contributed by atoms with Crippen molar-refractivity contribution in [1.82, 2.24) is 4.72 Å². The standard InChI is InChI=1S/C16H22N2O4S/c1-16(2)15(19)17-13-10-12(8-9-14(13)22-16)23(20,21)18-11-6-4-3-5-7-11/h8-11,18H,3-7H2,1-2H3,(H,17,19). The first-order chi connectivity index (χ1) is 10.8. The number of carbonyl (C=O) groups is 1. The van der Waals surface area contributed by atoms with E-state index in [1.165, 1.54) is 12.1 Å². The Morgan fingerprint density at radius 3 is 2.61 bits per heavy atom. The van der Waals surface area contributed by atoms with Gasteiger partial charge in [-0.15, -0.1) is 0 Å². The summed E-state index contributed by atoms with van der Waals surface area (Å²) in [7, 11) is -3.60. The van der Waals surface area contributed by atoms with Crippen LogP contribution >= 0.6 is 0 Å². The van der Waals surface area contributed by atoms with Gasteiger partial charge in [0.1, 0.15) is 5.75 Å². The summed E-state index contributed by atoms with van der Waals surface area (Å²) >= 11 is 0. The number of ether oxygens (including phenoxy) is 1. The molecule has 0 unspecified atom stereocenters. The van der Waals surface area contributed by atoms with Crippen molar-refractivity contribution >= 4 is 21.6 Å². The highest BCUT2D eigenvalue weighted by Crippen LogP contribution is 2.35. The molecule has 1 amide bonds. The minimum Gasteiger partial charge on any atom is -0.476 e. The van der Waals surface area contributed by atoms with E-state index in [0.717, 1.165) is 32.1 Å². The summed E-state index contributed by atoms with van der Waals surface area (Å²) in [5.41, 5.74) is -0.575. The van der Waals surface area contributed by atoms with Gasteiger partial charge in [-0.2, -0.15) is 0 Å². The van der Waals surface area contributed by atoms with Crippen molar-refractivity contribution < 1.29 is 17.9 Å². The molecule has 2 N–H and O–H groups in total. The van der Waals surface area contributed by atoms with Crippen molar-refractivity contribution in [3.63, 3.8) is 0 Å². The highest BCUT2D eigenvalue weighted by Gasteiger charge is 2.36. The molecule has 0 radical (unpaired) electrons. The number of fused-ring (bicyclic) bond motifs is 1. The summed E-state index contributed by atoms with van der Waals surface area (Å²) < 4.78 is 33.4. The molecule has 126 valence electrons. The van der Waals surface area contributed by atoms with E-state index in [-0.39, 0.29) is 16.8 Å². The topological polar surface area (TPSA) is 84.5 Å². The zero-order valence-corrected chi connectivity index (χ0v) is 14.2. The molecule has 0 bridgehead atoms. The van der Waals surface area contributed by atoms with Gasteiger partial charge in [0.25, 0.3) is 5.91 Å². The smallest absolute Gasteiger partial charge is 0.268 e. The van der Waals surface area contributed by atoms with Crippen LogP contribution in [0.2, 0.25) is 0 Å². The van der Waals surface area contributed by atoms with Crippen LogP contribution < -0.4 is 14.8 Å². The lowest BCUT2D eigenvalue weighted by molar-refractivity contribution is -0.129. The van der Waals surface area contributed by atoms with Gasteiger partial charge in [-0.3, -0.25) is 4.79 Å². The largest absolute Gasteiger partial charge is 0.476 e. The van der Waals surface area contributed by atoms with Gasteiger partial charge in [0.15, 0.2) is 5.60 Å². The van der Waals surface area contributed by atoms with E-state index in [1.54, 1.807) is 19.9 Å². The van der Waals surface area contributed by atoms with Gasteiger partial charge in [0.2, 0.25) is 10.0 Å². The van der Waals surface area contributed by atoms with Crippen LogP contribution in [-0.4, -0.2) is 26.0 Å². The van der Waals surface area contributed by atoms with Crippen molar-refractivity contribution in [3.05, 3.63) is 18.2 Å². The van der Waals surface area contributed by atoms with Crippen LogP contribution in [0.5, 0.6) is 5.75 Å². The third-order valence-electron chi connectivity index (χ3n) is 4.35. The molecule has 0 atom stereocenters. The summed E-state index contributed by atoms with van der Waals surface area (Å²) in [5, 5.41) is 2.71. The summed E-state index contributed by atoms with van der Waals surface area (Å²) in [6, 6.07) is 4.55. The third kappa shape index (κ3) is 3.35. The number of rotatable bonds is 3. The normalized spacial score (nSPS) is 21.2. The van der Waals surface area contributed by atoms with Gasteiger partial charge in [-0.25, -0.2) is 13.1 Å². The van der Waals surface area contributed by atoms with E-state index in [0.29, 0.717) is 11.4 Å². The molecule has 0 spiro atoms. The fraction of sp³-hybridized carbons (Fsp3) is 0.562. The van der Waals surface area contributed by atoms with Gasteiger partial charge in [0, 0.05) is 6.04 Å². The van der Waals surface area contributed by atoms with Crippen LogP contribution in [0, 0.1) is 0 Å². The van der Waals surface area contributed by atoms with Crippen LogP contribution in [0.4, 0.5) is 5.69 Å². The molecule has 7 heteroatoms. The first kappa shape index (κ1) is 16.3. The Morgan fingerprint density at radius 1 is 1.22 bits per heavy atom. The van der Waals surface area contributed by atoms with Crippen LogP contribution in [0.25, 0.3) is 0 Å². The fourth-order valence-electron chi connectivity index (χ4n) is 2.96. The maximum absolute atomic E-state index is 12.5. The Morgan fingerprint density at radius 2 is 1.91 bits per heavy atom. The van der Waals surface area contributed by atoms with Gasteiger partial charge in [-0.05, 0) is 44.9 Å². The molecule has 0 aromatic heterocycles. The number of amides is 1. The number of carbonyl (C=O) groups excluding carboxylic acids is 1. The average molecular weight is 338 g/mol. The minimum atomic E-state index is -3.60. The van der Waals surface area contributed by atoms with E-state index < -0.39 is 15.6 Å². The van der Waals surface area contributed by atoms with Gasteiger partial charge >= 0.3 is 0 Å². The fourth-order valence-corrected chi connectivity index (χ4v) is 4.30. The Bertz CT molecular complexity index is 722. The summed E-state index contributed by atoms with van der Waals surface area (Å²) in [4.78, 5) is 12.1. The molecule has 1 aliphatic carbocycles. The lowest BCUT2D eigenvalue weighted by atomic mass is 9.96. The molecule has 1 aromatic rings. The van der Waals surface area contributed by atoms with Crippen molar-refractivity contribution in [2.75, 3.05) is 5.32 Å². The second kappa shape index (κ2) is 5.79. The van der Waals surface area contributed by atoms with E-state index in [4.69, 9.17) is 4.74 Å². The van der Waals surface area contributed by atoms with Gasteiger partial charge in [-0.1, -0.05) is 19.3 Å². The molecule has 1 aromatic carbocycles. The Labute approximate surface area is 136 Å². The maximum Gasteiger partial charge on any atom is 0.268 e. The lowest BCUT2D eigenvalue weighted by Gasteiger charge is -2.31. The van der Waals surface area contributed by atoms with Crippen molar-refractivity contribution in [1.29, 1.82) is 0 Å². The van der Waals surface area contributed by atoms with Crippen LogP contribution in [0.3, 0.4) is 0 Å². The first-order valence-electron chi connectivity index (χ1n) is 7.95. The number of benzene rings is 1. The predicted octanol–water partition coefficient (Wildman–Crippen LogP) is 2.41. The molecule has 1 fully saturated rings. The second-order valence-electron chi connectivity index (χ2n) is 6.68. The Balaban J connectivity index is 1.84. The number of sulfonamides is 1. The quantitative estimate of drug-likeness (QED) is 0.886. The molecule has 1 heterocycles. The maximum atomic E-state index is 12.5. The Hall–Kier alpha value is -1.60.